The summed E-state index contributed by atoms with van der Waals surface area (Å²) in [5.41, 5.74) is 1.00. The average molecular weight is 375 g/mol. The second-order valence-electron chi connectivity index (χ2n) is 7.20. The van der Waals surface area contributed by atoms with Gasteiger partial charge in [0.15, 0.2) is 0 Å². The third-order valence-corrected chi connectivity index (χ3v) is 5.11. The van der Waals surface area contributed by atoms with Gasteiger partial charge in [-0.1, -0.05) is 6.92 Å². The van der Waals surface area contributed by atoms with Crippen LogP contribution in [-0.2, 0) is 16.1 Å². The highest BCUT2D eigenvalue weighted by atomic mass is 16.5. The first-order valence-corrected chi connectivity index (χ1v) is 9.72. The molecule has 1 aromatic rings. The summed E-state index contributed by atoms with van der Waals surface area (Å²) >= 11 is 0. The second kappa shape index (κ2) is 9.08. The van der Waals surface area contributed by atoms with Crippen molar-refractivity contribution < 1.29 is 19.1 Å². The van der Waals surface area contributed by atoms with E-state index in [9.17, 15) is 9.59 Å². The Morgan fingerprint density at radius 2 is 2.26 bits per heavy atom. The number of rotatable bonds is 5. The van der Waals surface area contributed by atoms with Gasteiger partial charge in [0.2, 0.25) is 11.8 Å². The molecular formula is C20H29N3O4. The molecule has 2 N–H and O–H groups in total. The Balaban J connectivity index is 1.67. The van der Waals surface area contributed by atoms with Crippen molar-refractivity contribution in [3.63, 3.8) is 0 Å². The van der Waals surface area contributed by atoms with Gasteiger partial charge >= 0.3 is 0 Å². The molecule has 7 nitrogen and oxygen atoms in total. The first-order chi connectivity index (χ1) is 13.1. The summed E-state index contributed by atoms with van der Waals surface area (Å²) in [5, 5.41) is 5.75. The van der Waals surface area contributed by atoms with Gasteiger partial charge in [-0.2, -0.15) is 0 Å². The molecule has 7 heteroatoms. The van der Waals surface area contributed by atoms with Crippen molar-refractivity contribution in [2.45, 2.75) is 51.3 Å². The van der Waals surface area contributed by atoms with Crippen LogP contribution in [0.15, 0.2) is 18.2 Å². The Morgan fingerprint density at radius 1 is 1.41 bits per heavy atom. The maximum absolute atomic E-state index is 12.6. The fourth-order valence-electron chi connectivity index (χ4n) is 3.58. The predicted molar refractivity (Wildman–Crippen MR) is 102 cm³/mol. The Kier molecular flexibility index (Phi) is 6.55. The van der Waals surface area contributed by atoms with Crippen molar-refractivity contribution in [3.8, 4) is 11.5 Å². The lowest BCUT2D eigenvalue weighted by atomic mass is 10.1. The van der Waals surface area contributed by atoms with Gasteiger partial charge in [0.25, 0.3) is 0 Å². The number of hydrogen-bond acceptors (Lipinski definition) is 5. The lowest BCUT2D eigenvalue weighted by molar-refractivity contribution is -0.129. The molecule has 0 bridgehead atoms. The van der Waals surface area contributed by atoms with E-state index in [0.717, 1.165) is 36.3 Å². The molecule has 2 atom stereocenters. The van der Waals surface area contributed by atoms with Crippen molar-refractivity contribution in [1.29, 1.82) is 0 Å². The van der Waals surface area contributed by atoms with E-state index in [4.69, 9.17) is 9.47 Å². The molecule has 3 rings (SSSR count). The van der Waals surface area contributed by atoms with Crippen LogP contribution in [0.2, 0.25) is 0 Å². The van der Waals surface area contributed by atoms with Crippen molar-refractivity contribution in [3.05, 3.63) is 23.8 Å². The largest absolute Gasteiger partial charge is 0.497 e. The molecule has 2 aliphatic rings. The highest BCUT2D eigenvalue weighted by Gasteiger charge is 2.26. The van der Waals surface area contributed by atoms with E-state index in [2.05, 4.69) is 22.5 Å². The van der Waals surface area contributed by atoms with E-state index in [1.54, 1.807) is 7.11 Å². The van der Waals surface area contributed by atoms with Crippen LogP contribution >= 0.6 is 0 Å². The lowest BCUT2D eigenvalue weighted by Gasteiger charge is -2.24. The zero-order valence-electron chi connectivity index (χ0n) is 16.1. The summed E-state index contributed by atoms with van der Waals surface area (Å²) in [4.78, 5) is 26.7. The summed E-state index contributed by atoms with van der Waals surface area (Å²) in [5.74, 6) is 1.40. The van der Waals surface area contributed by atoms with E-state index in [1.165, 1.54) is 0 Å². The van der Waals surface area contributed by atoms with Gasteiger partial charge in [-0.3, -0.25) is 14.5 Å². The van der Waals surface area contributed by atoms with Gasteiger partial charge in [-0.15, -0.1) is 0 Å². The first-order valence-electron chi connectivity index (χ1n) is 9.72. The minimum Gasteiger partial charge on any atom is -0.497 e. The molecule has 2 aliphatic heterocycles. The maximum atomic E-state index is 12.6. The van der Waals surface area contributed by atoms with Crippen LogP contribution in [-0.4, -0.2) is 55.6 Å². The van der Waals surface area contributed by atoms with Crippen LogP contribution in [0.5, 0.6) is 11.5 Å². The average Bonchev–Trinajstić information content (AvgIpc) is 2.96. The molecule has 2 amide bonds. The molecule has 27 heavy (non-hydrogen) atoms. The van der Waals surface area contributed by atoms with Crippen molar-refractivity contribution in [1.82, 2.24) is 15.5 Å². The molecule has 1 aromatic carbocycles. The van der Waals surface area contributed by atoms with Crippen molar-refractivity contribution >= 4 is 11.8 Å². The molecular weight excluding hydrogens is 346 g/mol. The topological polar surface area (TPSA) is 79.9 Å². The Labute approximate surface area is 160 Å². The maximum Gasteiger partial charge on any atom is 0.242 e. The minimum atomic E-state index is -0.433. The zero-order valence-corrected chi connectivity index (χ0v) is 16.1. The summed E-state index contributed by atoms with van der Waals surface area (Å²) in [6.45, 7) is 4.27. The highest BCUT2D eigenvalue weighted by molar-refractivity contribution is 5.88. The van der Waals surface area contributed by atoms with Crippen LogP contribution in [0.25, 0.3) is 0 Å². The minimum absolute atomic E-state index is 0.0219. The van der Waals surface area contributed by atoms with E-state index < -0.39 is 6.04 Å². The number of hydrogen-bond donors (Lipinski definition) is 2. The third kappa shape index (κ3) is 5.13. The van der Waals surface area contributed by atoms with Crippen LogP contribution in [0.4, 0.5) is 0 Å². The zero-order chi connectivity index (χ0) is 19.2. The third-order valence-electron chi connectivity index (χ3n) is 5.11. The molecule has 0 saturated carbocycles. The molecule has 0 aliphatic carbocycles. The number of carbonyl (C=O) groups is 2. The number of nitrogens with zero attached hydrogens (tertiary/aromatic N) is 1. The molecule has 2 heterocycles. The summed E-state index contributed by atoms with van der Waals surface area (Å²) in [7, 11) is 1.64. The molecule has 0 spiro atoms. The van der Waals surface area contributed by atoms with E-state index in [1.807, 2.05) is 18.2 Å². The number of fused-ring (bicyclic) bond motifs is 1. The van der Waals surface area contributed by atoms with Gasteiger partial charge in [-0.25, -0.2) is 0 Å². The number of methoxy groups -OCH3 is 1. The van der Waals surface area contributed by atoms with Gasteiger partial charge in [0.1, 0.15) is 23.6 Å². The summed E-state index contributed by atoms with van der Waals surface area (Å²) in [6.07, 6.45) is 3.46. The van der Waals surface area contributed by atoms with Crippen LogP contribution in [0, 0.1) is 0 Å². The second-order valence-corrected chi connectivity index (χ2v) is 7.20. The smallest absolute Gasteiger partial charge is 0.242 e. The van der Waals surface area contributed by atoms with E-state index in [0.29, 0.717) is 26.1 Å². The highest BCUT2D eigenvalue weighted by Crippen LogP contribution is 2.29. The Bertz CT molecular complexity index is 679. The van der Waals surface area contributed by atoms with E-state index in [-0.39, 0.29) is 24.5 Å². The van der Waals surface area contributed by atoms with Crippen LogP contribution in [0.3, 0.4) is 0 Å². The normalized spacial score (nSPS) is 23.3. The predicted octanol–water partition coefficient (Wildman–Crippen LogP) is 1.45. The number of carbonyl (C=O) groups excluding carboxylic acids is 2. The fourth-order valence-corrected chi connectivity index (χ4v) is 3.58. The Hall–Kier alpha value is -2.28. The Morgan fingerprint density at radius 3 is 3.04 bits per heavy atom. The van der Waals surface area contributed by atoms with Crippen LogP contribution < -0.4 is 20.1 Å². The number of ether oxygens (including phenoxy) is 2. The molecule has 1 fully saturated rings. The molecule has 1 saturated heterocycles. The number of benzene rings is 1. The van der Waals surface area contributed by atoms with Crippen molar-refractivity contribution in [2.75, 3.05) is 26.7 Å². The molecule has 0 radical (unpaired) electrons. The molecule has 1 unspecified atom stereocenters. The van der Waals surface area contributed by atoms with Gasteiger partial charge in [0, 0.05) is 25.2 Å². The van der Waals surface area contributed by atoms with Crippen molar-refractivity contribution in [2.24, 2.45) is 0 Å². The number of amides is 2. The van der Waals surface area contributed by atoms with Gasteiger partial charge in [-0.05, 0) is 43.9 Å². The first kappa shape index (κ1) is 19.5. The van der Waals surface area contributed by atoms with Gasteiger partial charge in [0.05, 0.1) is 13.7 Å². The molecule has 148 valence electrons. The summed E-state index contributed by atoms with van der Waals surface area (Å²) < 4.78 is 11.4. The summed E-state index contributed by atoms with van der Waals surface area (Å²) in [6, 6.07) is 5.34. The molecule has 0 aromatic heterocycles. The standard InChI is InChI=1S/C20H29N3O4/c1-3-15-12-23(11-14-10-16(26-2)7-8-18(14)27-15)13-19(24)22-17-6-4-5-9-21-20(17)25/h7-8,10,15,17H,3-6,9,11-13H2,1-2H3,(H,21,25)(H,22,24)/t15?,17-/m0/s1. The lowest BCUT2D eigenvalue weighted by Crippen LogP contribution is -2.49. The monoisotopic (exact) mass is 375 g/mol. The van der Waals surface area contributed by atoms with Gasteiger partial charge < -0.3 is 20.1 Å². The van der Waals surface area contributed by atoms with E-state index >= 15 is 0 Å². The van der Waals surface area contributed by atoms with Crippen LogP contribution in [0.1, 0.15) is 38.2 Å². The quantitative estimate of drug-likeness (QED) is 0.814. The SMILES string of the molecule is CCC1CN(CC(=O)N[C@H]2CCCCNC2=O)Cc2cc(OC)ccc2O1. The fraction of sp³-hybridized carbons (Fsp3) is 0.600. The number of nitrogens with one attached hydrogen (secondary N) is 2.